The zero-order valence-electron chi connectivity index (χ0n) is 9.71. The van der Waals surface area contributed by atoms with Crippen molar-refractivity contribution in [2.45, 2.75) is 32.2 Å². The first-order chi connectivity index (χ1) is 7.56. The van der Waals surface area contributed by atoms with Crippen molar-refractivity contribution in [2.75, 3.05) is 11.3 Å². The molecule has 0 fully saturated rings. The van der Waals surface area contributed by atoms with E-state index in [1.54, 1.807) is 6.92 Å². The van der Waals surface area contributed by atoms with Gasteiger partial charge in [-0.15, -0.1) is 0 Å². The molecule has 0 aliphatic heterocycles. The van der Waals surface area contributed by atoms with Crippen molar-refractivity contribution in [3.05, 3.63) is 0 Å². The van der Waals surface area contributed by atoms with Crippen LogP contribution in [0.25, 0.3) is 0 Å². The van der Waals surface area contributed by atoms with Crippen molar-refractivity contribution in [2.24, 2.45) is 0 Å². The van der Waals surface area contributed by atoms with Gasteiger partial charge in [-0.25, -0.2) is 21.6 Å². The predicted octanol–water partition coefficient (Wildman–Crippen LogP) is -0.449. The Hall–Kier alpha value is -0.670. The molecule has 0 aromatic rings. The maximum atomic E-state index is 11.4. The maximum absolute atomic E-state index is 11.4. The molecule has 0 aromatic heterocycles. The van der Waals surface area contributed by atoms with E-state index < -0.39 is 37.0 Å². The number of carboxylic acids is 1. The van der Waals surface area contributed by atoms with Crippen LogP contribution in [0.4, 0.5) is 0 Å². The van der Waals surface area contributed by atoms with Crippen LogP contribution in [0.2, 0.25) is 0 Å². The Labute approximate surface area is 101 Å². The van der Waals surface area contributed by atoms with Gasteiger partial charge in [-0.3, -0.25) is 4.79 Å². The second-order valence-corrected chi connectivity index (χ2v) is 8.12. The summed E-state index contributed by atoms with van der Waals surface area (Å²) >= 11 is 0. The first kappa shape index (κ1) is 16.3. The maximum Gasteiger partial charge on any atom is 0.304 e. The molecular formula is C8H17NO6S2. The first-order valence-corrected chi connectivity index (χ1v) is 8.66. The molecule has 0 bridgehead atoms. The molecule has 1 unspecified atom stereocenters. The van der Waals surface area contributed by atoms with E-state index in [2.05, 4.69) is 4.72 Å². The molecule has 0 aromatic carbocycles. The van der Waals surface area contributed by atoms with E-state index in [0.29, 0.717) is 12.8 Å². The molecule has 0 amide bonds. The van der Waals surface area contributed by atoms with Gasteiger partial charge in [0.25, 0.3) is 0 Å². The molecule has 0 aliphatic rings. The number of nitrogens with one attached hydrogen (secondary N) is 1. The molecule has 1 atom stereocenters. The van der Waals surface area contributed by atoms with E-state index >= 15 is 0 Å². The van der Waals surface area contributed by atoms with E-state index in [-0.39, 0.29) is 6.42 Å². The zero-order valence-corrected chi connectivity index (χ0v) is 11.3. The van der Waals surface area contributed by atoms with Crippen LogP contribution in [0.1, 0.15) is 26.2 Å². The van der Waals surface area contributed by atoms with Crippen LogP contribution in [0.3, 0.4) is 0 Å². The molecule has 0 spiro atoms. The summed E-state index contributed by atoms with van der Waals surface area (Å²) in [6.45, 7) is 1.78. The van der Waals surface area contributed by atoms with Crippen LogP contribution in [0.5, 0.6) is 0 Å². The minimum Gasteiger partial charge on any atom is -0.481 e. The number of aliphatic carboxylic acids is 1. The molecular weight excluding hydrogens is 270 g/mol. The van der Waals surface area contributed by atoms with Crippen LogP contribution >= 0.6 is 0 Å². The van der Waals surface area contributed by atoms with Crippen molar-refractivity contribution < 1.29 is 26.7 Å². The van der Waals surface area contributed by atoms with Gasteiger partial charge in [0.05, 0.1) is 6.42 Å². The first-order valence-electron chi connectivity index (χ1n) is 4.95. The fourth-order valence-electron chi connectivity index (χ4n) is 1.33. The molecule has 7 nitrogen and oxygen atoms in total. The van der Waals surface area contributed by atoms with Crippen molar-refractivity contribution in [3.8, 4) is 0 Å². The zero-order chi connectivity index (χ0) is 13.7. The minimum absolute atomic E-state index is 0.343. The molecule has 2 N–H and O–H groups in total. The predicted molar refractivity (Wildman–Crippen MR) is 62.7 cm³/mol. The summed E-state index contributed by atoms with van der Waals surface area (Å²) in [4.78, 5) is 10.5. The van der Waals surface area contributed by atoms with Crippen LogP contribution in [-0.4, -0.2) is 45.3 Å². The summed E-state index contributed by atoms with van der Waals surface area (Å²) < 4.78 is 46.7. The monoisotopic (exact) mass is 287 g/mol. The summed E-state index contributed by atoms with van der Waals surface area (Å²) in [5, 5.41) is 7.56. The van der Waals surface area contributed by atoms with E-state index in [1.807, 2.05) is 0 Å². The topological polar surface area (TPSA) is 118 Å². The number of hydrogen-bond donors (Lipinski definition) is 2. The van der Waals surface area contributed by atoms with Gasteiger partial charge in [0.1, 0.15) is 0 Å². The van der Waals surface area contributed by atoms with Crippen LogP contribution in [0.15, 0.2) is 0 Å². The lowest BCUT2D eigenvalue weighted by Gasteiger charge is -2.15. The van der Waals surface area contributed by atoms with Gasteiger partial charge in [0.15, 0.2) is 14.9 Å². The van der Waals surface area contributed by atoms with Crippen molar-refractivity contribution >= 4 is 25.8 Å². The smallest absolute Gasteiger partial charge is 0.304 e. The number of sulfone groups is 1. The fourth-order valence-corrected chi connectivity index (χ4v) is 4.57. The summed E-state index contributed by atoms with van der Waals surface area (Å²) in [6, 6.07) is -0.774. The molecule has 0 saturated heterocycles. The van der Waals surface area contributed by atoms with Gasteiger partial charge in [0, 0.05) is 12.3 Å². The van der Waals surface area contributed by atoms with Gasteiger partial charge in [-0.05, 0) is 6.42 Å². The largest absolute Gasteiger partial charge is 0.481 e. The summed E-state index contributed by atoms with van der Waals surface area (Å²) in [5.41, 5.74) is 0. The van der Waals surface area contributed by atoms with Crippen LogP contribution in [-0.2, 0) is 24.7 Å². The Bertz CT molecular complexity index is 452. The molecule has 0 radical (unpaired) electrons. The third-order valence-electron chi connectivity index (χ3n) is 1.77. The van der Waals surface area contributed by atoms with Gasteiger partial charge in [0.2, 0.25) is 10.0 Å². The average molecular weight is 287 g/mol. The minimum atomic E-state index is -4.01. The highest BCUT2D eigenvalue weighted by Gasteiger charge is 2.23. The fraction of sp³-hybridized carbons (Fsp3) is 0.875. The van der Waals surface area contributed by atoms with E-state index in [0.717, 1.165) is 6.26 Å². The van der Waals surface area contributed by atoms with Crippen molar-refractivity contribution in [3.63, 3.8) is 0 Å². The lowest BCUT2D eigenvalue weighted by molar-refractivity contribution is -0.137. The number of carbonyl (C=O) groups is 1. The van der Waals surface area contributed by atoms with Crippen LogP contribution in [0, 0.1) is 0 Å². The quantitative estimate of drug-likeness (QED) is 0.624. The number of sulfonamides is 1. The second-order valence-electron chi connectivity index (χ2n) is 3.86. The van der Waals surface area contributed by atoms with Gasteiger partial charge in [-0.2, -0.15) is 0 Å². The molecule has 0 heterocycles. The lowest BCUT2D eigenvalue weighted by atomic mass is 10.1. The SMILES string of the molecule is CCCC(CC(=O)O)NS(=O)(=O)CS(C)(=O)=O. The Morgan fingerprint density at radius 3 is 2.18 bits per heavy atom. The number of hydrogen-bond acceptors (Lipinski definition) is 5. The van der Waals surface area contributed by atoms with Crippen molar-refractivity contribution in [1.82, 2.24) is 4.72 Å². The number of carboxylic acid groups (broad SMARTS) is 1. The Morgan fingerprint density at radius 2 is 1.82 bits per heavy atom. The standard InChI is InChI=1S/C8H17NO6S2/c1-3-4-7(5-8(10)11)9-17(14,15)6-16(2,12)13/h7,9H,3-6H2,1-2H3,(H,10,11). The molecule has 102 valence electrons. The summed E-state index contributed by atoms with van der Waals surface area (Å²) in [7, 11) is -7.68. The molecule has 0 saturated carbocycles. The lowest BCUT2D eigenvalue weighted by Crippen LogP contribution is -2.39. The highest BCUT2D eigenvalue weighted by molar-refractivity contribution is 8.06. The Balaban J connectivity index is 4.69. The Morgan fingerprint density at radius 1 is 1.29 bits per heavy atom. The summed E-state index contributed by atoms with van der Waals surface area (Å²) in [6.07, 6.45) is 1.38. The van der Waals surface area contributed by atoms with E-state index in [9.17, 15) is 21.6 Å². The average Bonchev–Trinajstić information content (AvgIpc) is 1.95. The molecule has 17 heavy (non-hydrogen) atoms. The van der Waals surface area contributed by atoms with Gasteiger partial charge < -0.3 is 5.11 Å². The van der Waals surface area contributed by atoms with Crippen molar-refractivity contribution in [1.29, 1.82) is 0 Å². The third-order valence-corrected chi connectivity index (χ3v) is 5.42. The van der Waals surface area contributed by atoms with Gasteiger partial charge >= 0.3 is 5.97 Å². The third kappa shape index (κ3) is 9.07. The molecule has 0 aliphatic carbocycles. The van der Waals surface area contributed by atoms with E-state index in [1.165, 1.54) is 0 Å². The highest BCUT2D eigenvalue weighted by atomic mass is 32.3. The second kappa shape index (κ2) is 6.31. The molecule has 9 heteroatoms. The number of rotatable bonds is 8. The highest BCUT2D eigenvalue weighted by Crippen LogP contribution is 2.05. The summed E-state index contributed by atoms with van der Waals surface area (Å²) in [5.74, 6) is -1.13. The Kier molecular flexibility index (Phi) is 6.06. The van der Waals surface area contributed by atoms with Gasteiger partial charge in [-0.1, -0.05) is 13.3 Å². The van der Waals surface area contributed by atoms with E-state index in [4.69, 9.17) is 5.11 Å². The molecule has 0 rings (SSSR count). The normalized spacial score (nSPS) is 14.5. The van der Waals surface area contributed by atoms with Crippen LogP contribution < -0.4 is 4.72 Å².